The Morgan fingerprint density at radius 1 is 0.750 bits per heavy atom. The highest BCUT2D eigenvalue weighted by molar-refractivity contribution is 5.74. The molecule has 12 heteroatoms. The van der Waals surface area contributed by atoms with Crippen LogP contribution in [-0.2, 0) is 30.2 Å². The molecule has 0 radical (unpaired) electrons. The number of hydrogen-bond acceptors (Lipinski definition) is 11. The van der Waals surface area contributed by atoms with E-state index < -0.39 is 42.7 Å². The Balaban J connectivity index is 2.99. The zero-order chi connectivity index (χ0) is 30.4. The normalized spacial score (nSPS) is 14.7. The summed E-state index contributed by atoms with van der Waals surface area (Å²) in [7, 11) is 0. The molecule has 1 aromatic carbocycles. The van der Waals surface area contributed by atoms with Crippen LogP contribution in [0.25, 0.3) is 0 Å². The molecule has 1 aromatic rings. The number of carbonyl (C=O) groups excluding carboxylic acids is 3. The second-order valence-electron chi connectivity index (χ2n) is 9.91. The maximum atomic E-state index is 12.3. The third kappa shape index (κ3) is 13.0. The van der Waals surface area contributed by atoms with Crippen LogP contribution in [0.3, 0.4) is 0 Å². The summed E-state index contributed by atoms with van der Waals surface area (Å²) >= 11 is 0. The van der Waals surface area contributed by atoms with Gasteiger partial charge in [-0.2, -0.15) is 0 Å². The number of aliphatic carboxylic acids is 1. The number of hydrogen-bond donors (Lipinski definition) is 2. The van der Waals surface area contributed by atoms with Crippen molar-refractivity contribution >= 4 is 24.4 Å². The molecule has 0 aromatic heterocycles. The fourth-order valence-electron chi connectivity index (χ4n) is 2.88. The van der Waals surface area contributed by atoms with Gasteiger partial charge in [0.25, 0.3) is 0 Å². The molecule has 12 nitrogen and oxygen atoms in total. The zero-order valence-corrected chi connectivity index (χ0v) is 24.6. The topological polar surface area (TPSA) is 156 Å². The number of benzene rings is 1. The van der Waals surface area contributed by atoms with Crippen molar-refractivity contribution in [3.63, 3.8) is 0 Å². The van der Waals surface area contributed by atoms with Crippen molar-refractivity contribution in [3.8, 4) is 11.5 Å². The molecule has 40 heavy (non-hydrogen) atoms. The van der Waals surface area contributed by atoms with E-state index in [2.05, 4.69) is 5.32 Å². The highest BCUT2D eigenvalue weighted by atomic mass is 16.8. The summed E-state index contributed by atoms with van der Waals surface area (Å²) in [5.74, 6) is -1.28. The Kier molecular flexibility index (Phi) is 14.8. The second-order valence-corrected chi connectivity index (χ2v) is 9.91. The van der Waals surface area contributed by atoms with Gasteiger partial charge in [0, 0.05) is 6.54 Å². The lowest BCUT2D eigenvalue weighted by Gasteiger charge is -2.21. The molecular formula is C28H43NO11. The van der Waals surface area contributed by atoms with Crippen molar-refractivity contribution in [2.75, 3.05) is 6.54 Å². The molecule has 4 unspecified atom stereocenters. The zero-order valence-electron chi connectivity index (χ0n) is 24.6. The Labute approximate surface area is 235 Å². The molecule has 0 aliphatic carbocycles. The van der Waals surface area contributed by atoms with Gasteiger partial charge < -0.3 is 38.8 Å². The average molecular weight is 570 g/mol. The van der Waals surface area contributed by atoms with Gasteiger partial charge in [-0.15, -0.1) is 0 Å². The predicted octanol–water partition coefficient (Wildman–Crippen LogP) is 5.49. The van der Waals surface area contributed by atoms with E-state index in [0.717, 1.165) is 0 Å². The van der Waals surface area contributed by atoms with Crippen LogP contribution in [0.15, 0.2) is 18.2 Å². The number of rotatable bonds is 15. The molecule has 226 valence electrons. The van der Waals surface area contributed by atoms with Crippen LogP contribution < -0.4 is 14.8 Å². The van der Waals surface area contributed by atoms with Crippen LogP contribution in [0.5, 0.6) is 11.5 Å². The number of carboxylic acids is 1. The van der Waals surface area contributed by atoms with Crippen LogP contribution >= 0.6 is 0 Å². The first kappa shape index (κ1) is 34.5. The highest BCUT2D eigenvalue weighted by Gasteiger charge is 2.23. The molecule has 1 rings (SSSR count). The van der Waals surface area contributed by atoms with Crippen molar-refractivity contribution in [1.29, 1.82) is 0 Å². The molecule has 0 spiro atoms. The first-order valence-electron chi connectivity index (χ1n) is 13.5. The van der Waals surface area contributed by atoms with Crippen molar-refractivity contribution in [2.45, 2.75) is 105 Å². The molecule has 2 N–H and O–H groups in total. The van der Waals surface area contributed by atoms with Gasteiger partial charge in [0.05, 0.1) is 0 Å². The van der Waals surface area contributed by atoms with E-state index in [1.807, 2.05) is 27.7 Å². The van der Waals surface area contributed by atoms with Gasteiger partial charge in [-0.05, 0) is 70.6 Å². The Bertz CT molecular complexity index is 981. The van der Waals surface area contributed by atoms with E-state index in [4.69, 9.17) is 28.4 Å². The summed E-state index contributed by atoms with van der Waals surface area (Å²) in [5.41, 5.74) is 0.452. The van der Waals surface area contributed by atoms with Crippen LogP contribution in [-0.4, -0.2) is 66.5 Å². The fourth-order valence-corrected chi connectivity index (χ4v) is 2.88. The molecule has 0 saturated heterocycles. The summed E-state index contributed by atoms with van der Waals surface area (Å²) in [6.45, 7) is 14.3. The van der Waals surface area contributed by atoms with Gasteiger partial charge in [0.1, 0.15) is 30.5 Å². The minimum Gasteiger partial charge on any atom is -0.480 e. The van der Waals surface area contributed by atoms with Crippen LogP contribution in [0.1, 0.15) is 73.8 Å². The van der Waals surface area contributed by atoms with Crippen molar-refractivity contribution in [2.24, 2.45) is 5.92 Å². The second kappa shape index (κ2) is 17.2. The molecule has 0 heterocycles. The summed E-state index contributed by atoms with van der Waals surface area (Å²) in [4.78, 5) is 48.3. The number of carboxylic acid groups (broad SMARTS) is 1. The molecule has 0 amide bonds. The lowest BCUT2D eigenvalue weighted by molar-refractivity contribution is -0.139. The van der Waals surface area contributed by atoms with E-state index >= 15 is 0 Å². The van der Waals surface area contributed by atoms with Gasteiger partial charge in [-0.1, -0.05) is 33.8 Å². The average Bonchev–Trinajstić information content (AvgIpc) is 2.87. The molecule has 0 saturated carbocycles. The first-order chi connectivity index (χ1) is 18.7. The molecular weight excluding hydrogens is 526 g/mol. The van der Waals surface area contributed by atoms with E-state index in [9.17, 15) is 24.3 Å². The third-order valence-electron chi connectivity index (χ3n) is 6.05. The Hall–Kier alpha value is -3.54. The lowest BCUT2D eigenvalue weighted by Crippen LogP contribution is -2.43. The smallest absolute Gasteiger partial charge is 0.480 e. The standard InChI is InChI=1S/C28H43NO11/c1-9-17(5)35-27(33)39-23-12-11-21(14-24(23)40-28(34)36-18(6)10-2)13-22(25(30)31)29-15-19(7)37-26(32)38-20(8)16(3)4/h11-12,14,16-20,22,29H,9-10,13,15H2,1-8H3,(H,30,31)/t17?,18?,19?,20?,22-/m0/s1. The fraction of sp³-hybridized carbons (Fsp3) is 0.643. The maximum absolute atomic E-state index is 12.3. The van der Waals surface area contributed by atoms with Gasteiger partial charge in [0.2, 0.25) is 0 Å². The largest absolute Gasteiger partial charge is 0.514 e. The summed E-state index contributed by atoms with van der Waals surface area (Å²) in [5, 5.41) is 12.6. The minimum absolute atomic E-state index is 0.0365. The predicted molar refractivity (Wildman–Crippen MR) is 145 cm³/mol. The van der Waals surface area contributed by atoms with E-state index in [0.29, 0.717) is 18.4 Å². The van der Waals surface area contributed by atoms with Crippen LogP contribution in [0, 0.1) is 5.92 Å². The molecule has 0 fully saturated rings. The Morgan fingerprint density at radius 2 is 1.27 bits per heavy atom. The SMILES string of the molecule is CCC(C)OC(=O)Oc1ccc(C[C@H](NCC(C)OC(=O)OC(C)C(C)C)C(=O)O)cc1OC(=O)OC(C)CC. The highest BCUT2D eigenvalue weighted by Crippen LogP contribution is 2.30. The molecule has 0 bridgehead atoms. The van der Waals surface area contributed by atoms with E-state index in [-0.39, 0.29) is 42.6 Å². The minimum atomic E-state index is -1.15. The molecule has 0 aliphatic heterocycles. The van der Waals surface area contributed by atoms with Gasteiger partial charge in [-0.3, -0.25) is 4.79 Å². The summed E-state index contributed by atoms with van der Waals surface area (Å²) in [6.07, 6.45) is -3.54. The monoisotopic (exact) mass is 569 g/mol. The van der Waals surface area contributed by atoms with Crippen LogP contribution in [0.4, 0.5) is 14.4 Å². The number of nitrogens with one attached hydrogen (secondary N) is 1. The summed E-state index contributed by atoms with van der Waals surface area (Å²) in [6, 6.07) is 3.20. The van der Waals surface area contributed by atoms with Crippen molar-refractivity contribution < 1.29 is 52.7 Å². The van der Waals surface area contributed by atoms with Gasteiger partial charge in [0.15, 0.2) is 11.5 Å². The quantitative estimate of drug-likeness (QED) is 0.156. The molecule has 5 atom stereocenters. The number of carbonyl (C=O) groups is 4. The number of ether oxygens (including phenoxy) is 6. The first-order valence-corrected chi connectivity index (χ1v) is 13.5. The van der Waals surface area contributed by atoms with Crippen molar-refractivity contribution in [3.05, 3.63) is 23.8 Å². The third-order valence-corrected chi connectivity index (χ3v) is 6.05. The van der Waals surface area contributed by atoms with E-state index in [1.54, 1.807) is 27.7 Å². The van der Waals surface area contributed by atoms with E-state index in [1.165, 1.54) is 18.2 Å². The summed E-state index contributed by atoms with van der Waals surface area (Å²) < 4.78 is 31.2. The van der Waals surface area contributed by atoms with Crippen LogP contribution in [0.2, 0.25) is 0 Å². The lowest BCUT2D eigenvalue weighted by atomic mass is 10.0. The Morgan fingerprint density at radius 3 is 1.77 bits per heavy atom. The maximum Gasteiger partial charge on any atom is 0.514 e. The van der Waals surface area contributed by atoms with Crippen molar-refractivity contribution in [1.82, 2.24) is 5.32 Å². The molecule has 0 aliphatic rings. The van der Waals surface area contributed by atoms with Gasteiger partial charge >= 0.3 is 24.4 Å². The van der Waals surface area contributed by atoms with Gasteiger partial charge in [-0.25, -0.2) is 14.4 Å².